The molecule has 2 aromatic carbocycles. The van der Waals surface area contributed by atoms with Crippen LogP contribution >= 0.6 is 0 Å². The molecule has 4 atom stereocenters. The van der Waals surface area contributed by atoms with Crippen molar-refractivity contribution < 1.29 is 19.1 Å². The van der Waals surface area contributed by atoms with Crippen LogP contribution in [0.3, 0.4) is 0 Å². The zero-order valence-electron chi connectivity index (χ0n) is 18.6. The highest BCUT2D eigenvalue weighted by Crippen LogP contribution is 2.53. The van der Waals surface area contributed by atoms with Gasteiger partial charge in [-0.3, -0.25) is 14.5 Å². The highest BCUT2D eigenvalue weighted by molar-refractivity contribution is 6.22. The molecule has 1 saturated heterocycles. The van der Waals surface area contributed by atoms with Gasteiger partial charge in [-0.15, -0.1) is 0 Å². The number of carbonyl (C=O) groups excluding carboxylic acids is 3. The van der Waals surface area contributed by atoms with Gasteiger partial charge in [-0.05, 0) is 59.1 Å². The number of carbonyl (C=O) groups is 3. The molecule has 1 saturated carbocycles. The Balaban J connectivity index is 1.24. The summed E-state index contributed by atoms with van der Waals surface area (Å²) in [5.41, 5.74) is 3.13. The van der Waals surface area contributed by atoms with E-state index in [0.717, 1.165) is 12.0 Å². The first-order valence-electron chi connectivity index (χ1n) is 11.2. The molecule has 0 aromatic heterocycles. The minimum Gasteiger partial charge on any atom is -0.457 e. The van der Waals surface area contributed by atoms with Crippen LogP contribution in [0, 0.1) is 23.7 Å². The number of rotatable bonds is 4. The van der Waals surface area contributed by atoms with Crippen molar-refractivity contribution in [3.63, 3.8) is 0 Å². The van der Waals surface area contributed by atoms with E-state index in [4.69, 9.17) is 4.74 Å². The average molecular weight is 430 g/mol. The first-order valence-corrected chi connectivity index (χ1v) is 11.2. The molecule has 0 N–H and O–H groups in total. The molecule has 5 rings (SSSR count). The van der Waals surface area contributed by atoms with Crippen molar-refractivity contribution in [1.82, 2.24) is 0 Å². The number of imide groups is 1. The second-order valence-corrected chi connectivity index (χ2v) is 10.1. The second-order valence-electron chi connectivity index (χ2n) is 10.1. The van der Waals surface area contributed by atoms with E-state index in [0.29, 0.717) is 11.3 Å². The first kappa shape index (κ1) is 20.7. The number of fused-ring (bicyclic) bond motifs is 5. The molecule has 2 amide bonds. The summed E-state index contributed by atoms with van der Waals surface area (Å²) in [5, 5.41) is 0. The van der Waals surface area contributed by atoms with E-state index < -0.39 is 5.97 Å². The maximum atomic E-state index is 12.9. The summed E-state index contributed by atoms with van der Waals surface area (Å²) >= 11 is 0. The minimum atomic E-state index is -0.436. The zero-order chi connectivity index (χ0) is 22.6. The van der Waals surface area contributed by atoms with Gasteiger partial charge in [0.1, 0.15) is 6.61 Å². The monoisotopic (exact) mass is 429 g/mol. The molecule has 32 heavy (non-hydrogen) atoms. The lowest BCUT2D eigenvalue weighted by Gasteiger charge is -2.19. The van der Waals surface area contributed by atoms with Crippen LogP contribution in [0.5, 0.6) is 0 Å². The minimum absolute atomic E-state index is 0.0732. The van der Waals surface area contributed by atoms with Crippen molar-refractivity contribution in [2.75, 3.05) is 4.90 Å². The quantitative estimate of drug-likeness (QED) is 0.403. The number of allylic oxidation sites excluding steroid dienone is 2. The lowest BCUT2D eigenvalue weighted by atomic mass is 9.85. The van der Waals surface area contributed by atoms with E-state index in [-0.39, 0.29) is 47.5 Å². The van der Waals surface area contributed by atoms with Crippen molar-refractivity contribution in [2.24, 2.45) is 23.7 Å². The van der Waals surface area contributed by atoms with Crippen LogP contribution in [0.25, 0.3) is 0 Å². The van der Waals surface area contributed by atoms with Gasteiger partial charge in [-0.25, -0.2) is 4.79 Å². The van der Waals surface area contributed by atoms with Crippen LogP contribution < -0.4 is 4.90 Å². The topological polar surface area (TPSA) is 63.7 Å². The van der Waals surface area contributed by atoms with E-state index in [1.807, 2.05) is 12.1 Å². The van der Waals surface area contributed by atoms with Crippen molar-refractivity contribution in [3.8, 4) is 0 Å². The summed E-state index contributed by atoms with van der Waals surface area (Å²) in [5.74, 6) is -0.777. The van der Waals surface area contributed by atoms with E-state index >= 15 is 0 Å². The highest BCUT2D eigenvalue weighted by atomic mass is 16.5. The van der Waals surface area contributed by atoms with Crippen LogP contribution in [0.15, 0.2) is 60.7 Å². The van der Waals surface area contributed by atoms with Gasteiger partial charge < -0.3 is 4.74 Å². The molecule has 2 fully saturated rings. The Morgan fingerprint density at radius 2 is 1.47 bits per heavy atom. The number of hydrogen-bond acceptors (Lipinski definition) is 4. The third-order valence-electron chi connectivity index (χ3n) is 7.02. The molecule has 1 heterocycles. The van der Waals surface area contributed by atoms with Crippen molar-refractivity contribution in [2.45, 2.75) is 39.2 Å². The molecule has 0 unspecified atom stereocenters. The number of ether oxygens (including phenoxy) is 1. The molecule has 3 aliphatic rings. The summed E-state index contributed by atoms with van der Waals surface area (Å²) in [6, 6.07) is 14.6. The maximum absolute atomic E-state index is 12.9. The lowest BCUT2D eigenvalue weighted by Crippen LogP contribution is -2.32. The number of benzene rings is 2. The summed E-state index contributed by atoms with van der Waals surface area (Å²) < 4.78 is 5.45. The molecule has 2 bridgehead atoms. The molecule has 1 aliphatic heterocycles. The van der Waals surface area contributed by atoms with Crippen LogP contribution in [0.1, 0.15) is 48.7 Å². The van der Waals surface area contributed by atoms with Gasteiger partial charge in [-0.2, -0.15) is 0 Å². The van der Waals surface area contributed by atoms with Crippen LogP contribution in [-0.2, 0) is 26.3 Å². The van der Waals surface area contributed by atoms with E-state index in [1.54, 1.807) is 24.3 Å². The summed E-state index contributed by atoms with van der Waals surface area (Å²) in [6.07, 6.45) is 5.07. The van der Waals surface area contributed by atoms with Gasteiger partial charge in [-0.1, -0.05) is 57.2 Å². The highest BCUT2D eigenvalue weighted by Gasteiger charge is 2.59. The third-order valence-corrected chi connectivity index (χ3v) is 7.02. The summed E-state index contributed by atoms with van der Waals surface area (Å²) in [4.78, 5) is 39.6. The average Bonchev–Trinajstić information content (AvgIpc) is 3.45. The number of amides is 2. The third kappa shape index (κ3) is 3.36. The number of nitrogens with zero attached hydrogens (tertiary/aromatic N) is 1. The largest absolute Gasteiger partial charge is 0.457 e. The molecule has 0 spiro atoms. The van der Waals surface area contributed by atoms with Crippen LogP contribution in [-0.4, -0.2) is 17.8 Å². The predicted molar refractivity (Wildman–Crippen MR) is 121 cm³/mol. The summed E-state index contributed by atoms with van der Waals surface area (Å²) in [6.45, 7) is 6.65. The Labute approximate surface area is 188 Å². The van der Waals surface area contributed by atoms with Gasteiger partial charge in [0.05, 0.1) is 23.1 Å². The van der Waals surface area contributed by atoms with E-state index in [9.17, 15) is 14.4 Å². The van der Waals surface area contributed by atoms with Crippen molar-refractivity contribution >= 4 is 23.5 Å². The SMILES string of the molecule is CC(C)(C)c1ccc(COC(=O)c2ccc(N3C(=O)[C@@H]4[C@H](C3=O)[C@H]3C=C[C@H]4C3)cc2)cc1. The van der Waals surface area contributed by atoms with Gasteiger partial charge in [0.15, 0.2) is 0 Å². The van der Waals surface area contributed by atoms with Gasteiger partial charge >= 0.3 is 5.97 Å². The predicted octanol–water partition coefficient (Wildman–Crippen LogP) is 4.65. The van der Waals surface area contributed by atoms with Gasteiger partial charge in [0.2, 0.25) is 11.8 Å². The normalized spacial score (nSPS) is 26.0. The van der Waals surface area contributed by atoms with Crippen molar-refractivity contribution in [1.29, 1.82) is 0 Å². The first-order chi connectivity index (χ1) is 15.2. The molecular weight excluding hydrogens is 402 g/mol. The lowest BCUT2D eigenvalue weighted by molar-refractivity contribution is -0.123. The molecule has 2 aliphatic carbocycles. The van der Waals surface area contributed by atoms with Crippen LogP contribution in [0.2, 0.25) is 0 Å². The number of anilines is 1. The fraction of sp³-hybridized carbons (Fsp3) is 0.370. The Morgan fingerprint density at radius 3 is 2.00 bits per heavy atom. The molecule has 5 heteroatoms. The fourth-order valence-electron chi connectivity index (χ4n) is 5.24. The Morgan fingerprint density at radius 1 is 0.906 bits per heavy atom. The van der Waals surface area contributed by atoms with Crippen molar-refractivity contribution in [3.05, 3.63) is 77.4 Å². The molecular formula is C27H27NO4. The molecule has 0 radical (unpaired) electrons. The van der Waals surface area contributed by atoms with Gasteiger partial charge in [0, 0.05) is 0 Å². The van der Waals surface area contributed by atoms with E-state index in [2.05, 4.69) is 45.1 Å². The van der Waals surface area contributed by atoms with E-state index in [1.165, 1.54) is 10.5 Å². The molecule has 5 nitrogen and oxygen atoms in total. The smallest absolute Gasteiger partial charge is 0.338 e. The summed E-state index contributed by atoms with van der Waals surface area (Å²) in [7, 11) is 0. The van der Waals surface area contributed by atoms with Crippen LogP contribution in [0.4, 0.5) is 5.69 Å². The zero-order valence-corrected chi connectivity index (χ0v) is 18.6. The fourth-order valence-corrected chi connectivity index (χ4v) is 5.24. The molecule has 164 valence electrons. The maximum Gasteiger partial charge on any atom is 0.338 e. The standard InChI is InChI=1S/C27H27NO4/c1-27(2,3)20-10-4-16(5-11-20)15-32-26(31)17-8-12-21(13-9-17)28-24(29)22-18-6-7-19(14-18)23(22)25(28)30/h4-13,18-19,22-23H,14-15H2,1-3H3/t18-,19-,22-,23+/m0/s1. The Hall–Kier alpha value is -3.21. The Kier molecular flexibility index (Phi) is 4.81. The second kappa shape index (κ2) is 7.44. The number of hydrogen-bond donors (Lipinski definition) is 0. The molecule has 2 aromatic rings. The Bertz CT molecular complexity index is 1080. The number of esters is 1. The van der Waals surface area contributed by atoms with Gasteiger partial charge in [0.25, 0.3) is 0 Å².